The summed E-state index contributed by atoms with van der Waals surface area (Å²) in [6, 6.07) is 0. The number of esters is 2. The average Bonchev–Trinajstić information content (AvgIpc) is 2.81. The number of carbonyl (C=O) groups excluding carboxylic acids is 2. The molecular weight excluding hydrogens is 416 g/mol. The third kappa shape index (κ3) is 27.0. The molecule has 0 unspecified atom stereocenters. The van der Waals surface area contributed by atoms with Crippen LogP contribution in [-0.2, 0) is 23.8 Å². The predicted molar refractivity (Wildman–Crippen MR) is 136 cm³/mol. The molecule has 0 fully saturated rings. The molecule has 33 heavy (non-hydrogen) atoms. The lowest BCUT2D eigenvalue weighted by Crippen LogP contribution is -2.14. The van der Waals surface area contributed by atoms with Crippen molar-refractivity contribution in [1.82, 2.24) is 0 Å². The third-order valence-corrected chi connectivity index (χ3v) is 5.95. The molecule has 0 aliphatic carbocycles. The lowest BCUT2D eigenvalue weighted by molar-refractivity contribution is -0.146. The van der Waals surface area contributed by atoms with Gasteiger partial charge in [-0.15, -0.1) is 0 Å². The number of hydrogen-bond donors (Lipinski definition) is 0. The van der Waals surface area contributed by atoms with Gasteiger partial charge >= 0.3 is 11.9 Å². The van der Waals surface area contributed by atoms with Gasteiger partial charge < -0.3 is 14.2 Å². The number of unbranched alkanes of at least 4 members (excludes halogenated alkanes) is 16. The molecule has 0 aromatic rings. The molecular formula is C28H54O5. The third-order valence-electron chi connectivity index (χ3n) is 5.95. The van der Waals surface area contributed by atoms with Crippen molar-refractivity contribution in [3.8, 4) is 0 Å². The summed E-state index contributed by atoms with van der Waals surface area (Å²) in [6.07, 6.45) is 23.3. The van der Waals surface area contributed by atoms with E-state index < -0.39 is 0 Å². The van der Waals surface area contributed by atoms with E-state index in [9.17, 15) is 9.59 Å². The van der Waals surface area contributed by atoms with E-state index in [1.807, 2.05) is 0 Å². The predicted octanol–water partition coefficient (Wildman–Crippen LogP) is 7.93. The van der Waals surface area contributed by atoms with Gasteiger partial charge in [-0.1, -0.05) is 117 Å². The summed E-state index contributed by atoms with van der Waals surface area (Å²) < 4.78 is 15.7. The summed E-state index contributed by atoms with van der Waals surface area (Å²) in [5.74, 6) is -0.289. The van der Waals surface area contributed by atoms with Crippen LogP contribution in [0.5, 0.6) is 0 Å². The molecule has 0 radical (unpaired) electrons. The second kappa shape index (κ2) is 27.1. The Balaban J connectivity index is 3.26. The van der Waals surface area contributed by atoms with Gasteiger partial charge in [0.2, 0.25) is 0 Å². The van der Waals surface area contributed by atoms with E-state index in [1.54, 1.807) is 0 Å². The molecule has 5 heteroatoms. The van der Waals surface area contributed by atoms with Crippen LogP contribution in [0.2, 0.25) is 0 Å². The number of ether oxygens (including phenoxy) is 3. The smallest absolute Gasteiger partial charge is 0.305 e. The minimum atomic E-state index is -0.145. The molecule has 0 heterocycles. The lowest BCUT2D eigenvalue weighted by atomic mass is 10.1. The fourth-order valence-electron chi connectivity index (χ4n) is 3.84. The summed E-state index contributed by atoms with van der Waals surface area (Å²) in [6.45, 7) is 5.70. The highest BCUT2D eigenvalue weighted by Crippen LogP contribution is 2.11. The fourth-order valence-corrected chi connectivity index (χ4v) is 3.84. The van der Waals surface area contributed by atoms with Crippen molar-refractivity contribution >= 4 is 11.9 Å². The Hall–Kier alpha value is -1.10. The van der Waals surface area contributed by atoms with Gasteiger partial charge in [0, 0.05) is 12.8 Å². The second-order valence-corrected chi connectivity index (χ2v) is 9.21. The van der Waals surface area contributed by atoms with Crippen molar-refractivity contribution in [2.45, 2.75) is 142 Å². The monoisotopic (exact) mass is 470 g/mol. The molecule has 0 bridgehead atoms. The van der Waals surface area contributed by atoms with Crippen LogP contribution in [0.25, 0.3) is 0 Å². The zero-order chi connectivity index (χ0) is 24.2. The topological polar surface area (TPSA) is 61.8 Å². The summed E-state index contributed by atoms with van der Waals surface area (Å²) in [5.41, 5.74) is 0. The van der Waals surface area contributed by atoms with E-state index in [2.05, 4.69) is 13.8 Å². The van der Waals surface area contributed by atoms with Gasteiger partial charge in [-0.2, -0.15) is 0 Å². The first kappa shape index (κ1) is 31.9. The molecule has 0 aliphatic heterocycles. The summed E-state index contributed by atoms with van der Waals surface area (Å²) >= 11 is 0. The number of hydrogen-bond acceptors (Lipinski definition) is 5. The Kier molecular flexibility index (Phi) is 26.2. The van der Waals surface area contributed by atoms with Crippen LogP contribution in [0.1, 0.15) is 142 Å². The molecule has 0 aromatic heterocycles. The van der Waals surface area contributed by atoms with Gasteiger partial charge in [-0.3, -0.25) is 9.59 Å². The van der Waals surface area contributed by atoms with Gasteiger partial charge in [-0.25, -0.2) is 0 Å². The molecule has 0 saturated heterocycles. The Bertz CT molecular complexity index is 387. The quantitative estimate of drug-likeness (QED) is 0.0948. The van der Waals surface area contributed by atoms with Crippen LogP contribution in [-0.4, -0.2) is 38.4 Å². The maximum Gasteiger partial charge on any atom is 0.305 e. The Morgan fingerprint density at radius 2 is 0.727 bits per heavy atom. The van der Waals surface area contributed by atoms with Crippen LogP contribution in [0.15, 0.2) is 0 Å². The Labute approximate surface area is 204 Å². The van der Waals surface area contributed by atoms with Crippen LogP contribution < -0.4 is 0 Å². The molecule has 0 atom stereocenters. The van der Waals surface area contributed by atoms with Gasteiger partial charge in [0.1, 0.15) is 13.2 Å². The number of rotatable bonds is 26. The van der Waals surface area contributed by atoms with Gasteiger partial charge in [-0.05, 0) is 12.8 Å². The molecule has 0 saturated carbocycles. The highest BCUT2D eigenvalue weighted by atomic mass is 16.6. The highest BCUT2D eigenvalue weighted by molar-refractivity contribution is 5.69. The van der Waals surface area contributed by atoms with Crippen LogP contribution in [0.4, 0.5) is 0 Å². The van der Waals surface area contributed by atoms with E-state index in [0.717, 1.165) is 25.7 Å². The van der Waals surface area contributed by atoms with E-state index in [0.29, 0.717) is 26.1 Å². The summed E-state index contributed by atoms with van der Waals surface area (Å²) in [7, 11) is 0. The molecule has 0 aromatic carbocycles. The molecule has 0 rings (SSSR count). The summed E-state index contributed by atoms with van der Waals surface area (Å²) in [5, 5.41) is 0. The summed E-state index contributed by atoms with van der Waals surface area (Å²) in [4.78, 5) is 23.4. The first-order chi connectivity index (χ1) is 16.2. The van der Waals surface area contributed by atoms with Gasteiger partial charge in [0.05, 0.1) is 13.2 Å². The molecule has 196 valence electrons. The molecule has 0 aliphatic rings. The highest BCUT2D eigenvalue weighted by Gasteiger charge is 2.04. The van der Waals surface area contributed by atoms with Crippen molar-refractivity contribution in [3.05, 3.63) is 0 Å². The normalized spacial score (nSPS) is 11.0. The Morgan fingerprint density at radius 1 is 0.424 bits per heavy atom. The van der Waals surface area contributed by atoms with E-state index >= 15 is 0 Å². The van der Waals surface area contributed by atoms with Crippen molar-refractivity contribution in [2.75, 3.05) is 26.4 Å². The molecule has 0 N–H and O–H groups in total. The van der Waals surface area contributed by atoms with Crippen LogP contribution in [0.3, 0.4) is 0 Å². The molecule has 0 amide bonds. The fraction of sp³-hybridized carbons (Fsp3) is 0.929. The number of carbonyl (C=O) groups is 2. The SMILES string of the molecule is CCCCCCCCCCCC(=O)OCCOCCOC(=O)CCCCCCCCCCC. The van der Waals surface area contributed by atoms with E-state index in [1.165, 1.54) is 89.9 Å². The van der Waals surface area contributed by atoms with E-state index in [4.69, 9.17) is 14.2 Å². The minimum absolute atomic E-state index is 0.145. The zero-order valence-corrected chi connectivity index (χ0v) is 22.0. The van der Waals surface area contributed by atoms with Crippen LogP contribution >= 0.6 is 0 Å². The molecule has 5 nitrogen and oxygen atoms in total. The van der Waals surface area contributed by atoms with Gasteiger partial charge in [0.15, 0.2) is 0 Å². The van der Waals surface area contributed by atoms with Crippen molar-refractivity contribution < 1.29 is 23.8 Å². The molecule has 0 spiro atoms. The maximum atomic E-state index is 11.7. The maximum absolute atomic E-state index is 11.7. The van der Waals surface area contributed by atoms with Crippen molar-refractivity contribution in [1.29, 1.82) is 0 Å². The largest absolute Gasteiger partial charge is 0.463 e. The average molecular weight is 471 g/mol. The first-order valence-electron chi connectivity index (χ1n) is 14.1. The lowest BCUT2D eigenvalue weighted by Gasteiger charge is -2.07. The standard InChI is InChI=1S/C28H54O5/c1-3-5-7-9-11-13-15-17-19-21-27(29)32-25-23-31-24-26-33-28(30)22-20-18-16-14-12-10-8-6-4-2/h3-26H2,1-2H3. The second-order valence-electron chi connectivity index (χ2n) is 9.21. The van der Waals surface area contributed by atoms with Crippen LogP contribution in [0, 0.1) is 0 Å². The van der Waals surface area contributed by atoms with Crippen molar-refractivity contribution in [2.24, 2.45) is 0 Å². The van der Waals surface area contributed by atoms with Gasteiger partial charge in [0.25, 0.3) is 0 Å². The first-order valence-corrected chi connectivity index (χ1v) is 14.1. The minimum Gasteiger partial charge on any atom is -0.463 e. The van der Waals surface area contributed by atoms with Crippen molar-refractivity contribution in [3.63, 3.8) is 0 Å². The zero-order valence-electron chi connectivity index (χ0n) is 22.0. The Morgan fingerprint density at radius 3 is 1.06 bits per heavy atom. The van der Waals surface area contributed by atoms with E-state index in [-0.39, 0.29) is 25.2 Å².